The third-order valence-corrected chi connectivity index (χ3v) is 4.81. The zero-order valence-electron chi connectivity index (χ0n) is 16.1. The van der Waals surface area contributed by atoms with Crippen LogP contribution < -0.4 is 15.8 Å². The normalized spacial score (nSPS) is 10.3. The quantitative estimate of drug-likeness (QED) is 0.535. The van der Waals surface area contributed by atoms with Gasteiger partial charge in [0.25, 0.3) is 11.8 Å². The van der Waals surface area contributed by atoms with Gasteiger partial charge in [0.1, 0.15) is 10.6 Å². The summed E-state index contributed by atoms with van der Waals surface area (Å²) in [6, 6.07) is 15.6. The fourth-order valence-corrected chi connectivity index (χ4v) is 3.47. The molecule has 0 aliphatic rings. The molecule has 0 aliphatic carbocycles. The third kappa shape index (κ3) is 5.00. The van der Waals surface area contributed by atoms with Gasteiger partial charge in [0.05, 0.1) is 17.9 Å². The number of carbonyl (C=O) groups excluding carboxylic acids is 3. The number of esters is 1. The Bertz CT molecular complexity index is 1070. The molecule has 8 nitrogen and oxygen atoms in total. The second-order valence-corrected chi connectivity index (χ2v) is 6.99. The number of carbonyl (C=O) groups is 3. The minimum atomic E-state index is -0.656. The minimum Gasteiger partial charge on any atom is -0.483 e. The lowest BCUT2D eigenvalue weighted by molar-refractivity contribution is -0.119. The van der Waals surface area contributed by atoms with Gasteiger partial charge in [-0.15, -0.1) is 0 Å². The fourth-order valence-electron chi connectivity index (χ4n) is 2.59. The zero-order valence-corrected chi connectivity index (χ0v) is 16.9. The van der Waals surface area contributed by atoms with Crippen LogP contribution in [0.15, 0.2) is 54.6 Å². The van der Waals surface area contributed by atoms with Gasteiger partial charge < -0.3 is 15.2 Å². The molecule has 3 N–H and O–H groups in total. The number of nitrogens with zero attached hydrogens (tertiary/aromatic N) is 1. The molecule has 0 radical (unpaired) electrons. The van der Waals surface area contributed by atoms with E-state index >= 15 is 0 Å². The highest BCUT2D eigenvalue weighted by Crippen LogP contribution is 2.32. The molecule has 30 heavy (non-hydrogen) atoms. The molecule has 1 heterocycles. The van der Waals surface area contributed by atoms with Crippen LogP contribution in [0.25, 0.3) is 11.3 Å². The van der Waals surface area contributed by atoms with Gasteiger partial charge in [-0.25, -0.2) is 9.78 Å². The minimum absolute atomic E-state index is 0.202. The Morgan fingerprint density at radius 2 is 1.77 bits per heavy atom. The first-order valence-electron chi connectivity index (χ1n) is 9.04. The van der Waals surface area contributed by atoms with E-state index in [1.165, 1.54) is 0 Å². The topological polar surface area (TPSA) is 121 Å². The number of primary amides is 1. The smallest absolute Gasteiger partial charge is 0.350 e. The molecule has 0 saturated heterocycles. The molecular weight excluding hydrogens is 406 g/mol. The van der Waals surface area contributed by atoms with Crippen LogP contribution in [0.4, 0.5) is 5.13 Å². The van der Waals surface area contributed by atoms with Gasteiger partial charge in [-0.3, -0.25) is 14.9 Å². The second kappa shape index (κ2) is 9.66. The number of para-hydroxylation sites is 1. The molecule has 0 fully saturated rings. The van der Waals surface area contributed by atoms with Gasteiger partial charge in [-0.1, -0.05) is 53.8 Å². The van der Waals surface area contributed by atoms with Crippen molar-refractivity contribution in [1.29, 1.82) is 0 Å². The average Bonchev–Trinajstić information content (AvgIpc) is 3.17. The first-order chi connectivity index (χ1) is 14.5. The van der Waals surface area contributed by atoms with Crippen molar-refractivity contribution in [3.8, 4) is 17.0 Å². The van der Waals surface area contributed by atoms with Gasteiger partial charge in [0.2, 0.25) is 0 Å². The average molecular weight is 425 g/mol. The Hall–Kier alpha value is -3.72. The summed E-state index contributed by atoms with van der Waals surface area (Å²) >= 11 is 1.02. The molecule has 0 saturated carbocycles. The number of anilines is 1. The number of nitrogens with one attached hydrogen (secondary N) is 1. The van der Waals surface area contributed by atoms with Crippen molar-refractivity contribution in [3.63, 3.8) is 0 Å². The van der Waals surface area contributed by atoms with Crippen LogP contribution in [-0.2, 0) is 9.53 Å². The highest BCUT2D eigenvalue weighted by atomic mass is 32.1. The van der Waals surface area contributed by atoms with Gasteiger partial charge in [0.15, 0.2) is 11.7 Å². The lowest BCUT2D eigenvalue weighted by Gasteiger charge is -2.09. The van der Waals surface area contributed by atoms with Crippen molar-refractivity contribution in [2.45, 2.75) is 6.92 Å². The van der Waals surface area contributed by atoms with E-state index in [1.54, 1.807) is 31.2 Å². The molecule has 2 amide bonds. The Labute approximate surface area is 176 Å². The highest BCUT2D eigenvalue weighted by molar-refractivity contribution is 7.18. The van der Waals surface area contributed by atoms with Crippen molar-refractivity contribution >= 4 is 34.3 Å². The van der Waals surface area contributed by atoms with E-state index in [0.717, 1.165) is 16.9 Å². The van der Waals surface area contributed by atoms with E-state index < -0.39 is 17.8 Å². The summed E-state index contributed by atoms with van der Waals surface area (Å²) in [6.45, 7) is 1.58. The number of ether oxygens (including phenoxy) is 2. The Morgan fingerprint density at radius 3 is 2.47 bits per heavy atom. The predicted molar refractivity (Wildman–Crippen MR) is 113 cm³/mol. The molecule has 154 valence electrons. The summed E-state index contributed by atoms with van der Waals surface area (Å²) in [6.07, 6.45) is 0. The number of amides is 2. The highest BCUT2D eigenvalue weighted by Gasteiger charge is 2.22. The van der Waals surface area contributed by atoms with Crippen molar-refractivity contribution in [1.82, 2.24) is 4.98 Å². The number of nitrogens with two attached hydrogens (primary N) is 1. The molecule has 1 aromatic heterocycles. The number of aromatic nitrogens is 1. The maximum absolute atomic E-state index is 12.8. The van der Waals surface area contributed by atoms with Crippen LogP contribution in [-0.4, -0.2) is 36.0 Å². The molecule has 0 atom stereocenters. The van der Waals surface area contributed by atoms with Crippen LogP contribution in [0.3, 0.4) is 0 Å². The summed E-state index contributed by atoms with van der Waals surface area (Å²) < 4.78 is 10.4. The SMILES string of the molecule is CCOC(=O)c1sc(NC(=O)c2ccccc2OCC(N)=O)nc1-c1ccccc1. The number of rotatable bonds is 8. The van der Waals surface area contributed by atoms with Gasteiger partial charge in [-0.05, 0) is 19.1 Å². The number of hydrogen-bond donors (Lipinski definition) is 2. The number of hydrogen-bond acceptors (Lipinski definition) is 7. The van der Waals surface area contributed by atoms with E-state index in [-0.39, 0.29) is 34.5 Å². The maximum atomic E-state index is 12.8. The van der Waals surface area contributed by atoms with Crippen molar-refractivity contribution in [3.05, 3.63) is 65.0 Å². The summed E-state index contributed by atoms with van der Waals surface area (Å²) in [7, 11) is 0. The summed E-state index contributed by atoms with van der Waals surface area (Å²) in [4.78, 5) is 40.9. The van der Waals surface area contributed by atoms with Crippen LogP contribution >= 0.6 is 11.3 Å². The predicted octanol–water partition coefficient (Wildman–Crippen LogP) is 3.10. The second-order valence-electron chi connectivity index (χ2n) is 5.99. The van der Waals surface area contributed by atoms with Crippen molar-refractivity contribution in [2.24, 2.45) is 5.73 Å². The molecule has 2 aromatic carbocycles. The van der Waals surface area contributed by atoms with Crippen LogP contribution in [0.5, 0.6) is 5.75 Å². The molecule has 0 unspecified atom stereocenters. The van der Waals surface area contributed by atoms with Crippen LogP contribution in [0, 0.1) is 0 Å². The van der Waals surface area contributed by atoms with E-state index in [9.17, 15) is 14.4 Å². The maximum Gasteiger partial charge on any atom is 0.350 e. The van der Waals surface area contributed by atoms with E-state index in [0.29, 0.717) is 5.69 Å². The van der Waals surface area contributed by atoms with Gasteiger partial charge in [-0.2, -0.15) is 0 Å². The molecule has 9 heteroatoms. The Kier molecular flexibility index (Phi) is 6.76. The van der Waals surface area contributed by atoms with Crippen molar-refractivity contribution < 1.29 is 23.9 Å². The van der Waals surface area contributed by atoms with E-state index in [2.05, 4.69) is 10.3 Å². The molecular formula is C21H19N3O5S. The lowest BCUT2D eigenvalue weighted by Crippen LogP contribution is -2.21. The van der Waals surface area contributed by atoms with Gasteiger partial charge in [0, 0.05) is 5.56 Å². The Balaban J connectivity index is 1.89. The first kappa shape index (κ1) is 21.0. The first-order valence-corrected chi connectivity index (χ1v) is 9.86. The lowest BCUT2D eigenvalue weighted by atomic mass is 10.1. The van der Waals surface area contributed by atoms with E-state index in [4.69, 9.17) is 15.2 Å². The molecule has 0 spiro atoms. The zero-order chi connectivity index (χ0) is 21.5. The van der Waals surface area contributed by atoms with Crippen molar-refractivity contribution in [2.75, 3.05) is 18.5 Å². The molecule has 3 aromatic rings. The fraction of sp³-hybridized carbons (Fsp3) is 0.143. The molecule has 0 aliphatic heterocycles. The van der Waals surface area contributed by atoms with Crippen LogP contribution in [0.1, 0.15) is 27.0 Å². The van der Waals surface area contributed by atoms with E-state index in [1.807, 2.05) is 30.3 Å². The summed E-state index contributed by atoms with van der Waals surface area (Å²) in [5.74, 6) is -1.46. The Morgan fingerprint density at radius 1 is 1.07 bits per heavy atom. The summed E-state index contributed by atoms with van der Waals surface area (Å²) in [5.41, 5.74) is 6.45. The molecule has 3 rings (SSSR count). The number of benzene rings is 2. The third-order valence-electron chi connectivity index (χ3n) is 3.86. The number of thiazole rings is 1. The molecule has 0 bridgehead atoms. The largest absolute Gasteiger partial charge is 0.483 e. The standard InChI is InChI=1S/C21H19N3O5S/c1-2-28-20(27)18-17(13-8-4-3-5-9-13)23-21(30-18)24-19(26)14-10-6-7-11-15(14)29-12-16(22)25/h3-11H,2,12H2,1H3,(H2,22,25)(H,23,24,26). The monoisotopic (exact) mass is 425 g/mol. The van der Waals surface area contributed by atoms with Gasteiger partial charge >= 0.3 is 5.97 Å². The van der Waals surface area contributed by atoms with Crippen LogP contribution in [0.2, 0.25) is 0 Å². The summed E-state index contributed by atoms with van der Waals surface area (Å²) in [5, 5.41) is 2.91.